The van der Waals surface area contributed by atoms with Gasteiger partial charge in [0.2, 0.25) is 0 Å². The number of unbranched alkanes of at least 4 members (excludes halogenated alkanes) is 1. The van der Waals surface area contributed by atoms with Gasteiger partial charge in [0, 0.05) is 33.0 Å². The summed E-state index contributed by atoms with van der Waals surface area (Å²) >= 11 is 0. The Labute approximate surface area is 443 Å². The predicted octanol–water partition coefficient (Wildman–Crippen LogP) is 12.2. The molecule has 0 aliphatic rings. The molecular weight excluding hydrogens is 923 g/mol. The van der Waals surface area contributed by atoms with Crippen LogP contribution in [0.5, 0.6) is 0 Å². The number of hydrogen-bond donors (Lipinski definition) is 2. The molecule has 3 rings (SSSR count). The van der Waals surface area contributed by atoms with Gasteiger partial charge in [-0.15, -0.1) is 0 Å². The average Bonchev–Trinajstić information content (AvgIpc) is 3.41. The van der Waals surface area contributed by atoms with E-state index in [9.17, 15) is 29.1 Å². The van der Waals surface area contributed by atoms with Crippen LogP contribution < -0.4 is 5.32 Å². The third kappa shape index (κ3) is 49.0. The van der Waals surface area contributed by atoms with E-state index < -0.39 is 18.7 Å². The van der Waals surface area contributed by atoms with Crippen LogP contribution in [-0.4, -0.2) is 102 Å². The van der Waals surface area contributed by atoms with Crippen LogP contribution >= 0.6 is 0 Å². The van der Waals surface area contributed by atoms with Crippen LogP contribution in [0.2, 0.25) is 0 Å². The van der Waals surface area contributed by atoms with Crippen LogP contribution in [0.25, 0.3) is 0 Å². The number of aldehydes is 2. The molecule has 0 bridgehead atoms. The molecule has 4 atom stereocenters. The molecule has 0 amide bonds. The standard InChI is InChI=1S/C23H35NO6.C12H16O.C12H18.C6H12O4.C4H8.2C2H6/c1-18-7-10-20(11-8-18)12-9-19(2)23(28)29-17-21(16-26)30-22(27)6-5-14-24-13-3-4-15-25;1-10-3-6-12(7-4-10)8-5-11(2)9-13;1-10(2)4-7-12-8-5-11(3)6-9-12;1-8-3-6(9-2)4-10-5-7;1-3-4-2;2*1-2/h7-8,10-11,15,19,21,24,26H,3-6,9,12-14,16-17H2,1-2H3;3-4,6-7,9,11H,5,8H2,1-2H3;5-6,8-10H,4,7H2,1-3H3;5-6H,3-4H2,1-2H3;3-4H,1-2H3;2*1-2H3/b;;;;4-3-;;. The Kier molecular flexibility index (Phi) is 55.9. The van der Waals surface area contributed by atoms with Crippen molar-refractivity contribution in [3.05, 3.63) is 118 Å². The number of hydrogen-bond acceptors (Lipinski definition) is 12. The average molecular weight is 1020 g/mol. The van der Waals surface area contributed by atoms with E-state index in [1.807, 2.05) is 79.7 Å². The quantitative estimate of drug-likeness (QED) is 0.0223. The summed E-state index contributed by atoms with van der Waals surface area (Å²) in [5, 5.41) is 12.5. The number of nitrogens with one attached hydrogen (secondary N) is 1. The summed E-state index contributed by atoms with van der Waals surface area (Å²) < 4.78 is 24.5. The maximum atomic E-state index is 12.2. The van der Waals surface area contributed by atoms with Gasteiger partial charge in [0.15, 0.2) is 6.10 Å². The lowest BCUT2D eigenvalue weighted by Gasteiger charge is -2.17. The topological polar surface area (TPSA) is 164 Å². The number of allylic oxidation sites excluding steroid dienone is 2. The van der Waals surface area contributed by atoms with Gasteiger partial charge >= 0.3 is 11.9 Å². The lowest BCUT2D eigenvalue weighted by molar-refractivity contribution is -0.163. The van der Waals surface area contributed by atoms with Crippen molar-refractivity contribution >= 4 is 31.0 Å². The molecule has 3 aromatic rings. The fourth-order valence-electron chi connectivity index (χ4n) is 5.68. The first-order valence-electron chi connectivity index (χ1n) is 26.5. The van der Waals surface area contributed by atoms with Crippen molar-refractivity contribution in [3.8, 4) is 0 Å². The van der Waals surface area contributed by atoms with Crippen LogP contribution in [0.15, 0.2) is 84.9 Å². The lowest BCUT2D eigenvalue weighted by atomic mass is 10.0. The van der Waals surface area contributed by atoms with E-state index in [-0.39, 0.29) is 43.5 Å². The molecule has 0 saturated carbocycles. The fourth-order valence-corrected chi connectivity index (χ4v) is 5.68. The Hall–Kier alpha value is -5.01. The number of aliphatic hydroxyl groups is 1. The summed E-state index contributed by atoms with van der Waals surface area (Å²) in [6.07, 6.45) is 12.9. The number of rotatable bonds is 29. The van der Waals surface area contributed by atoms with E-state index in [2.05, 4.69) is 98.4 Å². The van der Waals surface area contributed by atoms with Crippen molar-refractivity contribution in [2.45, 2.75) is 166 Å². The van der Waals surface area contributed by atoms with E-state index >= 15 is 0 Å². The molecule has 0 aliphatic carbocycles. The smallest absolute Gasteiger partial charge is 0.308 e. The molecule has 4 unspecified atom stereocenters. The number of benzene rings is 3. The second-order valence-electron chi connectivity index (χ2n) is 17.5. The molecule has 12 nitrogen and oxygen atoms in total. The molecule has 3 aromatic carbocycles. The Morgan fingerprint density at radius 2 is 1.10 bits per heavy atom. The number of methoxy groups -OCH3 is 2. The molecule has 0 heterocycles. The molecular formula is C61H101NO11. The number of aryl methyl sites for hydroxylation is 6. The molecule has 0 aromatic heterocycles. The molecule has 416 valence electrons. The maximum Gasteiger partial charge on any atom is 0.308 e. The molecule has 0 spiro atoms. The van der Waals surface area contributed by atoms with Crippen molar-refractivity contribution < 1.29 is 52.8 Å². The summed E-state index contributed by atoms with van der Waals surface area (Å²) in [6, 6.07) is 25.5. The van der Waals surface area contributed by atoms with Crippen molar-refractivity contribution in [3.63, 3.8) is 0 Å². The molecule has 12 heteroatoms. The fraction of sp³-hybridized carbons (Fsp3) is 0.590. The zero-order valence-corrected chi connectivity index (χ0v) is 48.0. The van der Waals surface area contributed by atoms with Gasteiger partial charge in [0.05, 0.1) is 19.1 Å². The third-order valence-corrected chi connectivity index (χ3v) is 10.5. The Balaban J connectivity index is -0.000000457. The number of ether oxygens (including phenoxy) is 5. The van der Waals surface area contributed by atoms with E-state index in [1.165, 1.54) is 53.3 Å². The van der Waals surface area contributed by atoms with Gasteiger partial charge < -0.3 is 43.7 Å². The summed E-state index contributed by atoms with van der Waals surface area (Å²) in [7, 11) is 3.10. The monoisotopic (exact) mass is 1020 g/mol. The number of carbonyl (C=O) groups is 5. The van der Waals surface area contributed by atoms with Crippen LogP contribution in [0.4, 0.5) is 0 Å². The highest BCUT2D eigenvalue weighted by Gasteiger charge is 2.19. The first-order valence-corrected chi connectivity index (χ1v) is 26.5. The summed E-state index contributed by atoms with van der Waals surface area (Å²) in [5.74, 6) is -0.0948. The van der Waals surface area contributed by atoms with Crippen molar-refractivity contribution in [1.29, 1.82) is 0 Å². The van der Waals surface area contributed by atoms with Gasteiger partial charge in [-0.05, 0) is 122 Å². The van der Waals surface area contributed by atoms with Gasteiger partial charge in [-0.3, -0.25) is 14.4 Å². The Morgan fingerprint density at radius 3 is 1.49 bits per heavy atom. The highest BCUT2D eigenvalue weighted by molar-refractivity contribution is 5.72. The lowest BCUT2D eigenvalue weighted by Crippen LogP contribution is -2.30. The maximum absolute atomic E-state index is 12.2. The van der Waals surface area contributed by atoms with Crippen LogP contribution in [-0.2, 0) is 66.9 Å². The number of aliphatic hydroxyl groups excluding tert-OH is 1. The Bertz CT molecular complexity index is 1720. The predicted molar refractivity (Wildman–Crippen MR) is 301 cm³/mol. The molecule has 73 heavy (non-hydrogen) atoms. The molecule has 0 saturated heterocycles. The largest absolute Gasteiger partial charge is 0.465 e. The van der Waals surface area contributed by atoms with Crippen molar-refractivity contribution in [1.82, 2.24) is 5.32 Å². The van der Waals surface area contributed by atoms with E-state index in [4.69, 9.17) is 18.9 Å². The highest BCUT2D eigenvalue weighted by Crippen LogP contribution is 2.14. The van der Waals surface area contributed by atoms with Crippen LogP contribution in [0, 0.1) is 38.5 Å². The second kappa shape index (κ2) is 54.8. The van der Waals surface area contributed by atoms with Gasteiger partial charge in [-0.25, -0.2) is 0 Å². The highest BCUT2D eigenvalue weighted by atomic mass is 16.6. The van der Waals surface area contributed by atoms with Gasteiger partial charge in [0.25, 0.3) is 6.47 Å². The zero-order chi connectivity index (χ0) is 56.1. The van der Waals surface area contributed by atoms with Gasteiger partial charge in [-0.1, -0.05) is 157 Å². The van der Waals surface area contributed by atoms with Crippen molar-refractivity contribution in [2.24, 2.45) is 17.8 Å². The van der Waals surface area contributed by atoms with E-state index in [0.29, 0.717) is 38.9 Å². The van der Waals surface area contributed by atoms with Crippen LogP contribution in [0.1, 0.15) is 148 Å². The SMILES string of the molecule is C/C=C\C.CC.CC.COCC(COC=O)OC.Cc1ccc(CCC(C)C(=O)OCC(CO)OC(=O)CCCNCCCC=O)cc1.Cc1ccc(CCC(C)C)cc1.Cc1ccc(CCC(C)C=O)cc1. The minimum Gasteiger partial charge on any atom is -0.465 e. The summed E-state index contributed by atoms with van der Waals surface area (Å²) in [5.41, 5.74) is 7.78. The first-order chi connectivity index (χ1) is 35.1. The summed E-state index contributed by atoms with van der Waals surface area (Å²) in [6.45, 7) is 28.4. The third-order valence-electron chi connectivity index (χ3n) is 10.5. The minimum absolute atomic E-state index is 0.153. The second-order valence-corrected chi connectivity index (χ2v) is 17.5. The van der Waals surface area contributed by atoms with Gasteiger partial charge in [0.1, 0.15) is 31.9 Å². The molecule has 0 aliphatic heterocycles. The van der Waals surface area contributed by atoms with Crippen LogP contribution in [0.3, 0.4) is 0 Å². The normalized spacial score (nSPS) is 11.6. The molecule has 2 N–H and O–H groups in total. The number of esters is 2. The van der Waals surface area contributed by atoms with E-state index in [0.717, 1.165) is 50.7 Å². The Morgan fingerprint density at radius 1 is 0.630 bits per heavy atom. The first kappa shape index (κ1) is 74.5. The summed E-state index contributed by atoms with van der Waals surface area (Å²) in [4.78, 5) is 54.3. The number of carbonyl (C=O) groups excluding carboxylic acids is 5. The molecule has 0 fully saturated rings. The van der Waals surface area contributed by atoms with Crippen molar-refractivity contribution in [2.75, 3.05) is 53.7 Å². The molecule has 0 radical (unpaired) electrons. The minimum atomic E-state index is -0.855. The van der Waals surface area contributed by atoms with E-state index in [1.54, 1.807) is 14.0 Å². The zero-order valence-electron chi connectivity index (χ0n) is 48.0. The van der Waals surface area contributed by atoms with Gasteiger partial charge in [-0.2, -0.15) is 0 Å².